The molecule has 0 unspecified atom stereocenters. The predicted octanol–water partition coefficient (Wildman–Crippen LogP) is 4.38. The Labute approximate surface area is 143 Å². The van der Waals surface area contributed by atoms with Crippen LogP contribution in [0, 0.1) is 6.92 Å². The lowest BCUT2D eigenvalue weighted by Gasteiger charge is -2.13. The Morgan fingerprint density at radius 2 is 1.64 bits per heavy atom. The summed E-state index contributed by atoms with van der Waals surface area (Å²) >= 11 is 0. The minimum Gasteiger partial charge on any atom is -0.493 e. The summed E-state index contributed by atoms with van der Waals surface area (Å²) in [5, 5.41) is 0. The molecule has 25 heavy (non-hydrogen) atoms. The van der Waals surface area contributed by atoms with Crippen molar-refractivity contribution in [1.82, 2.24) is 0 Å². The largest absolute Gasteiger partial charge is 0.534 e. The number of hydrogen-bond acceptors (Lipinski definition) is 4. The van der Waals surface area contributed by atoms with Crippen LogP contribution in [0.25, 0.3) is 5.76 Å². The van der Waals surface area contributed by atoms with Gasteiger partial charge < -0.3 is 8.92 Å². The van der Waals surface area contributed by atoms with Gasteiger partial charge in [-0.3, -0.25) is 0 Å². The van der Waals surface area contributed by atoms with E-state index in [1.165, 1.54) is 24.3 Å². The highest BCUT2D eigenvalue weighted by Crippen LogP contribution is 2.29. The number of halogens is 3. The minimum atomic E-state index is -5.79. The van der Waals surface area contributed by atoms with E-state index in [9.17, 15) is 21.6 Å². The van der Waals surface area contributed by atoms with Gasteiger partial charge in [-0.05, 0) is 12.5 Å². The molecule has 2 rings (SSSR count). The first-order valence-electron chi connectivity index (χ1n) is 7.12. The Morgan fingerprint density at radius 1 is 1.04 bits per heavy atom. The summed E-state index contributed by atoms with van der Waals surface area (Å²) in [6, 6.07) is 14.8. The van der Waals surface area contributed by atoms with Gasteiger partial charge in [-0.25, -0.2) is 0 Å². The number of ether oxygens (including phenoxy) is 1. The molecule has 0 amide bonds. The van der Waals surface area contributed by atoms with Crippen molar-refractivity contribution in [2.45, 2.75) is 19.0 Å². The second-order valence-electron chi connectivity index (χ2n) is 5.13. The lowest BCUT2D eigenvalue weighted by Crippen LogP contribution is -2.25. The molecule has 0 saturated carbocycles. The topological polar surface area (TPSA) is 52.6 Å². The summed E-state index contributed by atoms with van der Waals surface area (Å²) in [6.07, 6.45) is 0.860. The van der Waals surface area contributed by atoms with Crippen LogP contribution in [0.1, 0.15) is 16.7 Å². The predicted molar refractivity (Wildman–Crippen MR) is 86.4 cm³/mol. The Hall–Kier alpha value is -2.48. The van der Waals surface area contributed by atoms with Gasteiger partial charge in [0.25, 0.3) is 0 Å². The van der Waals surface area contributed by atoms with Gasteiger partial charge in [0, 0.05) is 5.56 Å². The molecule has 0 aliphatic rings. The van der Waals surface area contributed by atoms with E-state index in [1.54, 1.807) is 18.2 Å². The van der Waals surface area contributed by atoms with Gasteiger partial charge in [-0.2, -0.15) is 21.6 Å². The Bertz CT molecular complexity index is 826. The van der Waals surface area contributed by atoms with Crippen LogP contribution >= 0.6 is 0 Å². The zero-order chi connectivity index (χ0) is 18.5. The van der Waals surface area contributed by atoms with Crippen molar-refractivity contribution in [2.24, 2.45) is 0 Å². The molecule has 0 N–H and O–H groups in total. The quantitative estimate of drug-likeness (QED) is 0.429. The van der Waals surface area contributed by atoms with E-state index in [1.807, 2.05) is 19.1 Å². The molecule has 0 spiro atoms. The van der Waals surface area contributed by atoms with Crippen LogP contribution < -0.4 is 0 Å². The fraction of sp³-hybridized carbons (Fsp3) is 0.176. The highest BCUT2D eigenvalue weighted by molar-refractivity contribution is 7.87. The van der Waals surface area contributed by atoms with Gasteiger partial charge >= 0.3 is 15.6 Å². The first kappa shape index (κ1) is 18.9. The van der Waals surface area contributed by atoms with E-state index in [-0.39, 0.29) is 12.2 Å². The lowest BCUT2D eigenvalue weighted by molar-refractivity contribution is -0.0510. The normalized spacial score (nSPS) is 12.7. The summed E-state index contributed by atoms with van der Waals surface area (Å²) in [6.45, 7) is 1.96. The third kappa shape index (κ3) is 5.25. The Morgan fingerprint density at radius 3 is 2.20 bits per heavy atom. The van der Waals surface area contributed by atoms with Crippen LogP contribution in [0.2, 0.25) is 0 Å². The zero-order valence-electron chi connectivity index (χ0n) is 13.2. The molecule has 8 heteroatoms. The number of alkyl halides is 3. The molecule has 0 atom stereocenters. The van der Waals surface area contributed by atoms with Crippen LogP contribution in [0.5, 0.6) is 0 Å². The number of hydrogen-bond donors (Lipinski definition) is 0. The molecule has 0 saturated heterocycles. The van der Waals surface area contributed by atoms with Gasteiger partial charge in [0.05, 0.1) is 0 Å². The summed E-state index contributed by atoms with van der Waals surface area (Å²) in [5.74, 6) is -0.551. The smallest absolute Gasteiger partial charge is 0.493 e. The van der Waals surface area contributed by atoms with Crippen molar-refractivity contribution in [1.29, 1.82) is 0 Å². The first-order chi connectivity index (χ1) is 11.7. The van der Waals surface area contributed by atoms with Gasteiger partial charge in [0.15, 0.2) is 5.76 Å². The molecule has 2 aromatic rings. The summed E-state index contributed by atoms with van der Waals surface area (Å²) in [7, 11) is -5.79. The van der Waals surface area contributed by atoms with Crippen LogP contribution in [-0.2, 0) is 25.6 Å². The lowest BCUT2D eigenvalue weighted by atomic mass is 10.2. The SMILES string of the molecule is Cc1ccc(CO/C=C(\OS(=O)(=O)C(F)(F)F)c2ccccc2)cc1. The van der Waals surface area contributed by atoms with Crippen molar-refractivity contribution in [2.75, 3.05) is 0 Å². The maximum absolute atomic E-state index is 12.6. The van der Waals surface area contributed by atoms with Crippen molar-refractivity contribution >= 4 is 15.9 Å². The highest BCUT2D eigenvalue weighted by Gasteiger charge is 2.49. The average molecular weight is 372 g/mol. The molecule has 0 bridgehead atoms. The molecule has 4 nitrogen and oxygen atoms in total. The van der Waals surface area contributed by atoms with E-state index in [4.69, 9.17) is 4.74 Å². The van der Waals surface area contributed by atoms with Crippen LogP contribution in [0.15, 0.2) is 60.9 Å². The Kier molecular flexibility index (Phi) is 5.73. The Balaban J connectivity index is 2.21. The molecule has 0 radical (unpaired) electrons. The van der Waals surface area contributed by atoms with Crippen molar-refractivity contribution in [3.8, 4) is 0 Å². The summed E-state index contributed by atoms with van der Waals surface area (Å²) in [5.41, 5.74) is -3.58. The van der Waals surface area contributed by atoms with E-state index in [0.717, 1.165) is 17.4 Å². The zero-order valence-corrected chi connectivity index (χ0v) is 14.0. The maximum Gasteiger partial charge on any atom is 0.534 e. The van der Waals surface area contributed by atoms with Crippen LogP contribution in [-0.4, -0.2) is 13.9 Å². The standard InChI is InChI=1S/C17H15F3O4S/c1-13-7-9-14(10-8-13)11-23-12-16(15-5-3-2-4-6-15)24-25(21,22)17(18,19)20/h2-10,12H,11H2,1H3/b16-12-. The molecule has 0 aromatic heterocycles. The van der Waals surface area contributed by atoms with Crippen LogP contribution in [0.3, 0.4) is 0 Å². The maximum atomic E-state index is 12.6. The van der Waals surface area contributed by atoms with Gasteiger partial charge in [0.2, 0.25) is 0 Å². The fourth-order valence-corrected chi connectivity index (χ4v) is 2.27. The van der Waals surface area contributed by atoms with Gasteiger partial charge in [-0.15, -0.1) is 0 Å². The number of benzene rings is 2. The second kappa shape index (κ2) is 7.60. The molecule has 0 aliphatic carbocycles. The van der Waals surface area contributed by atoms with Crippen molar-refractivity contribution in [3.63, 3.8) is 0 Å². The third-order valence-corrected chi connectivity index (χ3v) is 4.07. The highest BCUT2D eigenvalue weighted by atomic mass is 32.2. The van der Waals surface area contributed by atoms with E-state index in [2.05, 4.69) is 4.18 Å². The van der Waals surface area contributed by atoms with Crippen LogP contribution in [0.4, 0.5) is 13.2 Å². The van der Waals surface area contributed by atoms with Gasteiger partial charge in [-0.1, -0.05) is 60.2 Å². The fourth-order valence-electron chi connectivity index (χ4n) is 1.80. The summed E-state index contributed by atoms with van der Waals surface area (Å²) in [4.78, 5) is 0. The second-order valence-corrected chi connectivity index (χ2v) is 6.67. The van der Waals surface area contributed by atoms with E-state index >= 15 is 0 Å². The van der Waals surface area contributed by atoms with Crippen molar-refractivity contribution in [3.05, 3.63) is 77.5 Å². The third-order valence-electron chi connectivity index (χ3n) is 3.10. The van der Waals surface area contributed by atoms with Crippen molar-refractivity contribution < 1.29 is 30.5 Å². The summed E-state index contributed by atoms with van der Waals surface area (Å²) < 4.78 is 69.6. The molecule has 0 heterocycles. The number of rotatable bonds is 6. The van der Waals surface area contributed by atoms with E-state index < -0.39 is 21.4 Å². The van der Waals surface area contributed by atoms with E-state index in [0.29, 0.717) is 0 Å². The molecule has 134 valence electrons. The molecule has 2 aromatic carbocycles. The first-order valence-corrected chi connectivity index (χ1v) is 8.53. The molecular formula is C17H15F3O4S. The average Bonchev–Trinajstić information content (AvgIpc) is 2.55. The van der Waals surface area contributed by atoms with Gasteiger partial charge in [0.1, 0.15) is 12.9 Å². The minimum absolute atomic E-state index is 0.0477. The molecular weight excluding hydrogens is 357 g/mol. The number of aryl methyl sites for hydroxylation is 1. The monoisotopic (exact) mass is 372 g/mol. The molecule has 0 fully saturated rings. The molecule has 0 aliphatic heterocycles.